The number of hydrogen-bond acceptors (Lipinski definition) is 5. The Morgan fingerprint density at radius 2 is 1.14 bits per heavy atom. The van der Waals surface area contributed by atoms with E-state index in [1.165, 1.54) is 0 Å². The molecule has 0 fully saturated rings. The Balaban J connectivity index is -0.000000190. The number of nitriles is 4. The molecule has 0 radical (unpaired) electrons. The summed E-state index contributed by atoms with van der Waals surface area (Å²) >= 11 is 49.2. The normalized spacial score (nSPS) is 10.6. The van der Waals surface area contributed by atoms with Gasteiger partial charge >= 0.3 is 12.9 Å². The third-order valence-electron chi connectivity index (χ3n) is 3.15. The molecular weight excluding hydrogens is 860 g/mol. The first-order chi connectivity index (χ1) is 16.5. The first-order valence-electron chi connectivity index (χ1n) is 10.4. The van der Waals surface area contributed by atoms with E-state index in [1.807, 2.05) is 25.1 Å². The van der Waals surface area contributed by atoms with Gasteiger partial charge in [-0.1, -0.05) is 52.8 Å². The van der Waals surface area contributed by atoms with Crippen molar-refractivity contribution < 1.29 is 4.43 Å². The minimum atomic E-state index is -2.43. The van der Waals surface area contributed by atoms with Gasteiger partial charge in [0.15, 0.2) is 0 Å². The average Bonchev–Trinajstić information content (AvgIpc) is 2.74. The summed E-state index contributed by atoms with van der Waals surface area (Å²) in [6, 6.07) is 7.89. The largest absolute Gasteiger partial charge is 0.391 e. The molecule has 0 aliphatic rings. The molecule has 0 N–H and O–H groups in total. The smallest absolute Gasteiger partial charge is 0.389 e. The Morgan fingerprint density at radius 1 is 0.722 bits per heavy atom. The van der Waals surface area contributed by atoms with Gasteiger partial charge in [-0.2, -0.15) is 21.0 Å². The van der Waals surface area contributed by atoms with Crippen LogP contribution in [0, 0.1) is 45.3 Å². The van der Waals surface area contributed by atoms with Crippen molar-refractivity contribution >= 4 is 141 Å². The van der Waals surface area contributed by atoms with Crippen LogP contribution in [-0.2, 0) is 4.43 Å². The van der Waals surface area contributed by atoms with Crippen LogP contribution in [0.1, 0.15) is 58.3 Å². The van der Waals surface area contributed by atoms with Gasteiger partial charge in [0.1, 0.15) is 4.84 Å². The molecule has 36 heavy (non-hydrogen) atoms. The predicted octanol–water partition coefficient (Wildman–Crippen LogP) is 11.2. The highest BCUT2D eigenvalue weighted by Crippen LogP contribution is 2.33. The molecule has 0 aliphatic heterocycles. The van der Waals surface area contributed by atoms with Crippen molar-refractivity contribution in [2.24, 2.45) is 0 Å². The molecule has 0 aromatic heterocycles. The molecule has 0 aromatic carbocycles. The lowest BCUT2D eigenvalue weighted by Gasteiger charge is -2.12. The van der Waals surface area contributed by atoms with Crippen LogP contribution < -0.4 is 0 Å². The Labute approximate surface area is 276 Å². The minimum absolute atomic E-state index is 0.302. The van der Waals surface area contributed by atoms with Crippen LogP contribution >= 0.6 is 124 Å². The molecule has 0 aromatic rings. The fraction of sp³-hybridized carbons (Fsp3) is 0.778. The van der Waals surface area contributed by atoms with E-state index >= 15 is 0 Å². The number of hydrogen-bond donors (Lipinski definition) is 0. The molecular formula is C18H28Br3Cl7N4OSi3. The summed E-state index contributed by atoms with van der Waals surface area (Å²) in [6.07, 6.45) is 5.23. The van der Waals surface area contributed by atoms with E-state index < -0.39 is 16.9 Å². The molecule has 0 aliphatic carbocycles. The van der Waals surface area contributed by atoms with Crippen LogP contribution in [0.25, 0.3) is 0 Å². The first-order valence-corrected chi connectivity index (χ1v) is 29.7. The zero-order chi connectivity index (χ0) is 29.1. The van der Waals surface area contributed by atoms with Gasteiger partial charge in [-0.25, -0.2) is 0 Å². The maximum absolute atomic E-state index is 8.18. The van der Waals surface area contributed by atoms with Crippen LogP contribution in [0.2, 0.25) is 18.1 Å². The van der Waals surface area contributed by atoms with Crippen LogP contribution in [0.4, 0.5) is 0 Å². The van der Waals surface area contributed by atoms with Gasteiger partial charge in [-0.15, -0.1) is 78.6 Å². The summed E-state index contributed by atoms with van der Waals surface area (Å²) in [5.74, 6) is 0. The fourth-order valence-corrected chi connectivity index (χ4v) is 7.68. The molecule has 0 atom stereocenters. The molecule has 0 saturated heterocycles. The average molecular weight is 889 g/mol. The summed E-state index contributed by atoms with van der Waals surface area (Å²) in [5, 5.41) is 32.5. The number of nitrogens with zero attached hydrogens (tertiary/aromatic N) is 4. The van der Waals surface area contributed by atoms with Crippen LogP contribution in [0.15, 0.2) is 0 Å². The highest BCUT2D eigenvalue weighted by molar-refractivity contribution is 9.72. The van der Waals surface area contributed by atoms with E-state index in [0.29, 0.717) is 50.8 Å². The highest BCUT2D eigenvalue weighted by Gasteiger charge is 2.27. The second kappa shape index (κ2) is 30.0. The lowest BCUT2D eigenvalue weighted by Crippen LogP contribution is -2.23. The summed E-state index contributed by atoms with van der Waals surface area (Å²) in [7, 11) is 0. The lowest BCUT2D eigenvalue weighted by atomic mass is 10.3. The molecule has 0 rings (SSSR count). The second-order valence-corrected chi connectivity index (χ2v) is 47.0. The Hall–Kier alpha value is 2.04. The predicted molar refractivity (Wildman–Crippen MR) is 174 cm³/mol. The number of unbranched alkanes of at least 4 members (excludes halogenated alkanes) is 3. The van der Waals surface area contributed by atoms with Gasteiger partial charge in [0.25, 0.3) is 3.93 Å². The van der Waals surface area contributed by atoms with E-state index in [9.17, 15) is 0 Å². The summed E-state index contributed by atoms with van der Waals surface area (Å²) in [4.78, 5) is -0.302. The summed E-state index contributed by atoms with van der Waals surface area (Å²) in [5.41, 5.74) is 0. The SMILES string of the molecule is CC[Si](Cl)(Cl)OCCC#N.N#CCCCC(Cl)Cl.N#CCCC[Si](Br)(Br)Br.N#CCCC[Si](Cl)(Cl)Cl. The molecule has 0 bridgehead atoms. The Morgan fingerprint density at radius 3 is 1.47 bits per heavy atom. The highest BCUT2D eigenvalue weighted by atomic mass is 80.0. The van der Waals surface area contributed by atoms with E-state index in [-0.39, 0.29) is 4.84 Å². The van der Waals surface area contributed by atoms with Crippen molar-refractivity contribution in [3.05, 3.63) is 0 Å². The monoisotopic (exact) mass is 882 g/mol. The second-order valence-electron chi connectivity index (χ2n) is 6.44. The molecule has 0 heterocycles. The Kier molecular flexibility index (Phi) is 37.5. The van der Waals surface area contributed by atoms with Crippen molar-refractivity contribution in [1.29, 1.82) is 21.0 Å². The van der Waals surface area contributed by atoms with Gasteiger partial charge < -0.3 is 4.43 Å². The molecule has 208 valence electrons. The van der Waals surface area contributed by atoms with E-state index in [0.717, 1.165) is 25.3 Å². The molecule has 0 unspecified atom stereocenters. The maximum atomic E-state index is 8.18. The summed E-state index contributed by atoms with van der Waals surface area (Å²) < 4.78 is 3.66. The van der Waals surface area contributed by atoms with Crippen LogP contribution in [0.5, 0.6) is 0 Å². The van der Waals surface area contributed by atoms with Crippen LogP contribution in [0.3, 0.4) is 0 Å². The third-order valence-corrected chi connectivity index (χ3v) is 14.4. The van der Waals surface area contributed by atoms with E-state index in [4.69, 9.17) is 104 Å². The van der Waals surface area contributed by atoms with Gasteiger partial charge in [-0.05, 0) is 43.8 Å². The van der Waals surface area contributed by atoms with E-state index in [1.54, 1.807) is 0 Å². The van der Waals surface area contributed by atoms with E-state index in [2.05, 4.69) is 51.9 Å². The number of halogens is 10. The van der Waals surface area contributed by atoms with Crippen molar-refractivity contribution in [3.63, 3.8) is 0 Å². The van der Waals surface area contributed by atoms with Gasteiger partial charge in [0, 0.05) is 25.9 Å². The van der Waals surface area contributed by atoms with Gasteiger partial charge in [0.2, 0.25) is 0 Å². The molecule has 5 nitrogen and oxygen atoms in total. The zero-order valence-electron chi connectivity index (χ0n) is 19.5. The third kappa shape index (κ3) is 56.3. The van der Waals surface area contributed by atoms with Crippen molar-refractivity contribution in [2.45, 2.75) is 81.3 Å². The standard InChI is InChI=1S/C5H9Cl2NOSi.C5H7Cl2N.C4H6Br3NSi.C4H6Cl3NSi/c1-2-10(6,7)9-5-3-4-8;6-5(7)3-1-2-4-8;2*5-9(6,7)4-2-1-3-8/h2-3,5H2,1H3;5H,1-3H2;2*1-2,4H2. The van der Waals surface area contributed by atoms with Crippen LogP contribution in [-0.4, -0.2) is 28.3 Å². The molecule has 0 amide bonds. The zero-order valence-corrected chi connectivity index (χ0v) is 32.6. The quantitative estimate of drug-likeness (QED) is 0.0793. The minimum Gasteiger partial charge on any atom is -0.391 e. The molecule has 0 spiro atoms. The van der Waals surface area contributed by atoms with Gasteiger partial charge in [-0.3, -0.25) is 0 Å². The van der Waals surface area contributed by atoms with Crippen molar-refractivity contribution in [2.75, 3.05) is 6.61 Å². The lowest BCUT2D eigenvalue weighted by molar-refractivity contribution is 0.334. The number of rotatable bonds is 13. The first kappa shape index (κ1) is 45.0. The van der Waals surface area contributed by atoms with Gasteiger partial charge in [0.05, 0.1) is 30.7 Å². The summed E-state index contributed by atoms with van der Waals surface area (Å²) in [6.45, 7) is -0.197. The molecule has 0 saturated carbocycles. The molecule has 18 heteroatoms. The topological polar surface area (TPSA) is 104 Å². The van der Waals surface area contributed by atoms with Crippen molar-refractivity contribution in [3.8, 4) is 24.3 Å². The maximum Gasteiger partial charge on any atom is 0.389 e. The van der Waals surface area contributed by atoms with Crippen molar-refractivity contribution in [1.82, 2.24) is 0 Å². The fourth-order valence-electron chi connectivity index (χ4n) is 1.42. The number of alkyl halides is 2. The Bertz CT molecular complexity index is 660.